The van der Waals surface area contributed by atoms with Gasteiger partial charge in [-0.1, -0.05) is 0 Å². The molecule has 0 spiro atoms. The number of nitrogens with zero attached hydrogens (tertiary/aromatic N) is 5. The lowest BCUT2D eigenvalue weighted by Crippen LogP contribution is -2.44. The fourth-order valence-corrected chi connectivity index (χ4v) is 4.43. The van der Waals surface area contributed by atoms with Crippen LogP contribution in [0.15, 0.2) is 24.7 Å². The molecule has 2 saturated heterocycles. The molecule has 0 aromatic carbocycles. The summed E-state index contributed by atoms with van der Waals surface area (Å²) in [5.74, 6) is 0.931. The average molecular weight is 422 g/mol. The van der Waals surface area contributed by atoms with Crippen LogP contribution in [0.25, 0.3) is 0 Å². The zero-order chi connectivity index (χ0) is 21.8. The van der Waals surface area contributed by atoms with Crippen molar-refractivity contribution in [2.24, 2.45) is 0 Å². The molecule has 2 atom stereocenters. The molecule has 2 aliphatic heterocycles. The van der Waals surface area contributed by atoms with E-state index in [0.717, 1.165) is 18.5 Å². The molecule has 2 bridgehead atoms. The Kier molecular flexibility index (Phi) is 6.25. The summed E-state index contributed by atoms with van der Waals surface area (Å²) in [5.41, 5.74) is 1.71. The summed E-state index contributed by atoms with van der Waals surface area (Å²) in [6.45, 7) is 0.221. The van der Waals surface area contributed by atoms with E-state index in [9.17, 15) is 4.79 Å². The van der Waals surface area contributed by atoms with E-state index in [1.165, 1.54) is 25.2 Å². The number of hydrogen-bond acceptors (Lipinski definition) is 9. The predicted octanol–water partition coefficient (Wildman–Crippen LogP) is 1.68. The first kappa shape index (κ1) is 21.0. The summed E-state index contributed by atoms with van der Waals surface area (Å²) in [5, 5.41) is 21.4. The van der Waals surface area contributed by atoms with Gasteiger partial charge in [0.1, 0.15) is 17.7 Å². The topological polar surface area (TPSA) is 131 Å². The summed E-state index contributed by atoms with van der Waals surface area (Å²) in [6, 6.07) is 5.36. The van der Waals surface area contributed by atoms with Crippen molar-refractivity contribution in [3.63, 3.8) is 0 Å². The number of carbonyl (C=O) groups is 1. The highest BCUT2D eigenvalue weighted by molar-refractivity contribution is 5.95. The first-order valence-electron chi connectivity index (χ1n) is 10.5. The maximum Gasteiger partial charge on any atom is 0.238 e. The molecule has 2 aliphatic rings. The number of amides is 1. The number of fused-ring (bicyclic) bond motifs is 2. The molecule has 4 heterocycles. The molecule has 2 fully saturated rings. The van der Waals surface area contributed by atoms with Gasteiger partial charge >= 0.3 is 0 Å². The maximum absolute atomic E-state index is 12.2. The van der Waals surface area contributed by atoms with Crippen LogP contribution < -0.4 is 21.3 Å². The highest BCUT2D eigenvalue weighted by Crippen LogP contribution is 2.36. The molecule has 0 aliphatic carbocycles. The summed E-state index contributed by atoms with van der Waals surface area (Å²) < 4.78 is 0. The summed E-state index contributed by atoms with van der Waals surface area (Å²) in [6.07, 6.45) is 9.16. The lowest BCUT2D eigenvalue weighted by Gasteiger charge is -2.37. The molecule has 31 heavy (non-hydrogen) atoms. The second-order valence-electron chi connectivity index (χ2n) is 8.08. The van der Waals surface area contributed by atoms with Crippen LogP contribution >= 0.6 is 0 Å². The van der Waals surface area contributed by atoms with E-state index < -0.39 is 0 Å². The number of aromatic nitrogens is 3. The van der Waals surface area contributed by atoms with Crippen molar-refractivity contribution in [2.45, 2.75) is 43.8 Å². The van der Waals surface area contributed by atoms with Crippen LogP contribution in [0, 0.1) is 11.3 Å². The number of piperidine rings is 1. The van der Waals surface area contributed by atoms with Gasteiger partial charge in [0.15, 0.2) is 5.69 Å². The van der Waals surface area contributed by atoms with Crippen molar-refractivity contribution in [1.82, 2.24) is 25.2 Å². The van der Waals surface area contributed by atoms with Gasteiger partial charge in [-0.2, -0.15) is 5.26 Å². The van der Waals surface area contributed by atoms with Crippen molar-refractivity contribution in [3.05, 3.63) is 30.4 Å². The molecule has 10 heteroatoms. The Morgan fingerprint density at radius 2 is 1.87 bits per heavy atom. The standard InChI is InChI=1S/C21H27N9O/c1-23-12-21(31)28-18-10-26-19(29-20-11-24-14(8-22)9-25-20)7-17(18)27-13-5-15-3-4-16(6-13)30(15)2/h7,9-11,13,15-16,23H,3-6,12H2,1-2H3,(H,28,31)(H2,25,26,27,29). The molecule has 10 nitrogen and oxygen atoms in total. The SMILES string of the molecule is CNCC(=O)Nc1cnc(Nc2cnc(C#N)cn2)cc1NC1CC2CCC(C1)N2C. The van der Waals surface area contributed by atoms with Crippen LogP contribution in [0.4, 0.5) is 23.0 Å². The number of nitrogens with one attached hydrogen (secondary N) is 4. The van der Waals surface area contributed by atoms with Gasteiger partial charge in [0, 0.05) is 24.2 Å². The molecular weight excluding hydrogens is 394 g/mol. The Balaban J connectivity index is 1.54. The van der Waals surface area contributed by atoms with E-state index in [2.05, 4.69) is 48.2 Å². The highest BCUT2D eigenvalue weighted by Gasteiger charge is 2.38. The molecule has 2 aromatic heterocycles. The minimum Gasteiger partial charge on any atom is -0.380 e. The molecule has 4 N–H and O–H groups in total. The minimum absolute atomic E-state index is 0.130. The Morgan fingerprint density at radius 1 is 1.13 bits per heavy atom. The van der Waals surface area contributed by atoms with Crippen molar-refractivity contribution in [1.29, 1.82) is 5.26 Å². The summed E-state index contributed by atoms with van der Waals surface area (Å²) in [7, 11) is 3.95. The average Bonchev–Trinajstić information content (AvgIpc) is 2.97. The van der Waals surface area contributed by atoms with E-state index in [1.807, 2.05) is 12.1 Å². The lowest BCUT2D eigenvalue weighted by molar-refractivity contribution is -0.115. The van der Waals surface area contributed by atoms with Crippen molar-refractivity contribution in [3.8, 4) is 6.07 Å². The van der Waals surface area contributed by atoms with Crippen LogP contribution in [0.5, 0.6) is 0 Å². The zero-order valence-corrected chi connectivity index (χ0v) is 17.7. The fourth-order valence-electron chi connectivity index (χ4n) is 4.43. The van der Waals surface area contributed by atoms with Crippen LogP contribution in [0.1, 0.15) is 31.4 Å². The Labute approximate surface area is 181 Å². The molecule has 162 valence electrons. The minimum atomic E-state index is -0.130. The number of anilines is 4. The van der Waals surface area contributed by atoms with Crippen LogP contribution in [-0.2, 0) is 4.79 Å². The lowest BCUT2D eigenvalue weighted by atomic mass is 9.97. The van der Waals surface area contributed by atoms with E-state index in [4.69, 9.17) is 5.26 Å². The van der Waals surface area contributed by atoms with Crippen molar-refractivity contribution < 1.29 is 4.79 Å². The Morgan fingerprint density at radius 3 is 2.52 bits per heavy atom. The van der Waals surface area contributed by atoms with E-state index in [0.29, 0.717) is 35.4 Å². The smallest absolute Gasteiger partial charge is 0.238 e. The molecule has 4 rings (SSSR count). The molecule has 2 unspecified atom stereocenters. The van der Waals surface area contributed by atoms with Gasteiger partial charge in [0.25, 0.3) is 0 Å². The molecule has 0 saturated carbocycles. The second kappa shape index (κ2) is 9.24. The normalized spacial score (nSPS) is 22.5. The summed E-state index contributed by atoms with van der Waals surface area (Å²) in [4.78, 5) is 27.3. The highest BCUT2D eigenvalue weighted by atomic mass is 16.1. The summed E-state index contributed by atoms with van der Waals surface area (Å²) >= 11 is 0. The van der Waals surface area contributed by atoms with Gasteiger partial charge in [-0.05, 0) is 39.8 Å². The van der Waals surface area contributed by atoms with Crippen LogP contribution in [-0.4, -0.2) is 64.5 Å². The largest absolute Gasteiger partial charge is 0.380 e. The Bertz CT molecular complexity index is 958. The van der Waals surface area contributed by atoms with E-state index >= 15 is 0 Å². The van der Waals surface area contributed by atoms with Gasteiger partial charge in [0.05, 0.1) is 36.5 Å². The number of likely N-dealkylation sites (N-methyl/N-ethyl adjacent to an activating group) is 1. The molecule has 1 amide bonds. The number of pyridine rings is 1. The number of hydrogen-bond donors (Lipinski definition) is 4. The zero-order valence-electron chi connectivity index (χ0n) is 17.7. The van der Waals surface area contributed by atoms with Crippen molar-refractivity contribution in [2.75, 3.05) is 36.6 Å². The van der Waals surface area contributed by atoms with Gasteiger partial charge in [-0.25, -0.2) is 15.0 Å². The van der Waals surface area contributed by atoms with E-state index in [-0.39, 0.29) is 18.1 Å². The predicted molar refractivity (Wildman–Crippen MR) is 118 cm³/mol. The van der Waals surface area contributed by atoms with Crippen molar-refractivity contribution >= 4 is 28.9 Å². The molecular formula is C21H27N9O. The first-order chi connectivity index (χ1) is 15.1. The quantitative estimate of drug-likeness (QED) is 0.527. The third-order valence-corrected chi connectivity index (χ3v) is 6.00. The van der Waals surface area contributed by atoms with Gasteiger partial charge in [0.2, 0.25) is 5.91 Å². The molecule has 2 aromatic rings. The maximum atomic E-state index is 12.2. The van der Waals surface area contributed by atoms with Gasteiger partial charge in [-0.3, -0.25) is 4.79 Å². The number of rotatable bonds is 7. The third kappa shape index (κ3) is 4.90. The Hall–Kier alpha value is -3.29. The second-order valence-corrected chi connectivity index (χ2v) is 8.08. The number of nitriles is 1. The molecule has 0 radical (unpaired) electrons. The van der Waals surface area contributed by atoms with Crippen LogP contribution in [0.3, 0.4) is 0 Å². The van der Waals surface area contributed by atoms with E-state index in [1.54, 1.807) is 13.2 Å². The monoisotopic (exact) mass is 421 g/mol. The first-order valence-corrected chi connectivity index (χ1v) is 10.5. The fraction of sp³-hybridized carbons (Fsp3) is 0.476. The number of carbonyl (C=O) groups excluding carboxylic acids is 1. The third-order valence-electron chi connectivity index (χ3n) is 6.00. The van der Waals surface area contributed by atoms with Gasteiger partial charge < -0.3 is 26.2 Å². The van der Waals surface area contributed by atoms with Crippen LogP contribution in [0.2, 0.25) is 0 Å². The van der Waals surface area contributed by atoms with Gasteiger partial charge in [-0.15, -0.1) is 0 Å².